The average Bonchev–Trinajstić information content (AvgIpc) is 2.77. The summed E-state index contributed by atoms with van der Waals surface area (Å²) in [4.78, 5) is 11.3. The van der Waals surface area contributed by atoms with E-state index in [-0.39, 0.29) is 16.7 Å². The van der Waals surface area contributed by atoms with Gasteiger partial charge in [-0.25, -0.2) is 14.6 Å². The van der Waals surface area contributed by atoms with Crippen molar-refractivity contribution >= 4 is 16.9 Å². The summed E-state index contributed by atoms with van der Waals surface area (Å²) in [5.41, 5.74) is 0.319. The van der Waals surface area contributed by atoms with Crippen molar-refractivity contribution in [3.63, 3.8) is 0 Å². The highest BCUT2D eigenvalue weighted by atomic mass is 16.5. The van der Waals surface area contributed by atoms with Gasteiger partial charge in [-0.15, -0.1) is 0 Å². The van der Waals surface area contributed by atoms with Crippen molar-refractivity contribution in [2.45, 2.75) is 65.2 Å². The van der Waals surface area contributed by atoms with Crippen LogP contribution in [0, 0.1) is 0 Å². The lowest BCUT2D eigenvalue weighted by Gasteiger charge is -2.47. The highest BCUT2D eigenvalue weighted by Crippen LogP contribution is 2.33. The lowest BCUT2D eigenvalue weighted by atomic mass is 9.99. The van der Waals surface area contributed by atoms with Crippen LogP contribution in [0.25, 0.3) is 11.0 Å². The first-order valence-corrected chi connectivity index (χ1v) is 8.13. The number of ether oxygens (including phenoxy) is 1. The van der Waals surface area contributed by atoms with Gasteiger partial charge >= 0.3 is 0 Å². The zero-order valence-corrected chi connectivity index (χ0v) is 15.2. The smallest absolute Gasteiger partial charge is 0.163 e. The standard InChI is InChI=1S/C17H27N5O/c1-15(2,3)22-14-12(8-20-22)13(18-11-19-14)21-9-16(4,5)23-17(6,7)10-21/h8,11H,9-10H2,1-7H3. The number of nitrogens with zero attached hydrogens (tertiary/aromatic N) is 5. The minimum absolute atomic E-state index is 0.114. The molecule has 6 nitrogen and oxygen atoms in total. The molecule has 0 amide bonds. The summed E-state index contributed by atoms with van der Waals surface area (Å²) in [5.74, 6) is 0.940. The van der Waals surface area contributed by atoms with Gasteiger partial charge in [0.15, 0.2) is 5.65 Å². The molecule has 1 saturated heterocycles. The molecule has 0 saturated carbocycles. The van der Waals surface area contributed by atoms with Gasteiger partial charge in [-0.05, 0) is 48.5 Å². The van der Waals surface area contributed by atoms with Crippen LogP contribution in [-0.2, 0) is 10.3 Å². The maximum atomic E-state index is 6.18. The maximum Gasteiger partial charge on any atom is 0.163 e. The van der Waals surface area contributed by atoms with E-state index in [0.29, 0.717) is 0 Å². The first-order chi connectivity index (χ1) is 10.5. The van der Waals surface area contributed by atoms with Crippen molar-refractivity contribution < 1.29 is 4.74 Å². The average molecular weight is 317 g/mol. The summed E-state index contributed by atoms with van der Waals surface area (Å²) >= 11 is 0. The monoisotopic (exact) mass is 317 g/mol. The van der Waals surface area contributed by atoms with Gasteiger partial charge in [0.25, 0.3) is 0 Å². The fourth-order valence-electron chi connectivity index (χ4n) is 3.51. The van der Waals surface area contributed by atoms with E-state index in [9.17, 15) is 0 Å². The van der Waals surface area contributed by atoms with E-state index in [0.717, 1.165) is 29.9 Å². The summed E-state index contributed by atoms with van der Waals surface area (Å²) in [6.45, 7) is 16.5. The van der Waals surface area contributed by atoms with Crippen LogP contribution in [0.2, 0.25) is 0 Å². The molecule has 0 spiro atoms. The third kappa shape index (κ3) is 3.04. The van der Waals surface area contributed by atoms with Crippen LogP contribution in [0.15, 0.2) is 12.5 Å². The molecule has 3 heterocycles. The Morgan fingerprint density at radius 2 is 1.65 bits per heavy atom. The van der Waals surface area contributed by atoms with Crippen molar-refractivity contribution in [3.8, 4) is 0 Å². The van der Waals surface area contributed by atoms with Crippen molar-refractivity contribution in [2.24, 2.45) is 0 Å². The molecule has 6 heteroatoms. The maximum absolute atomic E-state index is 6.18. The van der Waals surface area contributed by atoms with Crippen molar-refractivity contribution in [3.05, 3.63) is 12.5 Å². The Morgan fingerprint density at radius 3 is 2.22 bits per heavy atom. The van der Waals surface area contributed by atoms with Gasteiger partial charge < -0.3 is 9.64 Å². The van der Waals surface area contributed by atoms with Crippen LogP contribution in [-0.4, -0.2) is 44.0 Å². The van der Waals surface area contributed by atoms with E-state index < -0.39 is 0 Å². The second kappa shape index (κ2) is 4.90. The van der Waals surface area contributed by atoms with E-state index in [1.54, 1.807) is 6.33 Å². The molecule has 23 heavy (non-hydrogen) atoms. The lowest BCUT2D eigenvalue weighted by Crippen LogP contribution is -2.57. The predicted molar refractivity (Wildman–Crippen MR) is 91.8 cm³/mol. The molecule has 0 unspecified atom stereocenters. The van der Waals surface area contributed by atoms with Gasteiger partial charge in [-0.1, -0.05) is 0 Å². The molecule has 2 aromatic heterocycles. The summed E-state index contributed by atoms with van der Waals surface area (Å²) in [6.07, 6.45) is 3.52. The second-order valence-corrected chi connectivity index (χ2v) is 8.64. The fourth-order valence-corrected chi connectivity index (χ4v) is 3.51. The molecular formula is C17H27N5O. The largest absolute Gasteiger partial charge is 0.366 e. The quantitative estimate of drug-likeness (QED) is 0.809. The molecule has 0 aliphatic carbocycles. The fraction of sp³-hybridized carbons (Fsp3) is 0.706. The summed E-state index contributed by atoms with van der Waals surface area (Å²) < 4.78 is 8.14. The molecule has 0 atom stereocenters. The SMILES string of the molecule is CC1(C)CN(c2ncnc3c2cnn3C(C)(C)C)CC(C)(C)O1. The zero-order valence-electron chi connectivity index (χ0n) is 15.2. The number of rotatable bonds is 1. The molecular weight excluding hydrogens is 290 g/mol. The Labute approximate surface area is 137 Å². The molecule has 1 fully saturated rings. The van der Waals surface area contributed by atoms with Crippen LogP contribution in [0.5, 0.6) is 0 Å². The topological polar surface area (TPSA) is 56.1 Å². The minimum atomic E-state index is -0.223. The predicted octanol–water partition coefficient (Wildman–Crippen LogP) is 2.98. The number of hydrogen-bond acceptors (Lipinski definition) is 5. The van der Waals surface area contributed by atoms with E-state index >= 15 is 0 Å². The third-order valence-electron chi connectivity index (χ3n) is 3.98. The number of fused-ring (bicyclic) bond motifs is 1. The Bertz CT molecular complexity index is 710. The minimum Gasteiger partial charge on any atom is -0.366 e. The first-order valence-electron chi connectivity index (χ1n) is 8.13. The van der Waals surface area contributed by atoms with E-state index in [1.807, 2.05) is 10.9 Å². The molecule has 0 radical (unpaired) electrons. The Hall–Kier alpha value is -1.69. The second-order valence-electron chi connectivity index (χ2n) is 8.64. The zero-order chi connectivity index (χ0) is 17.0. The highest BCUT2D eigenvalue weighted by molar-refractivity contribution is 5.87. The van der Waals surface area contributed by atoms with Crippen LogP contribution < -0.4 is 4.90 Å². The van der Waals surface area contributed by atoms with Crippen LogP contribution in [0.4, 0.5) is 5.82 Å². The number of aromatic nitrogens is 4. The van der Waals surface area contributed by atoms with Crippen LogP contribution in [0.3, 0.4) is 0 Å². The van der Waals surface area contributed by atoms with Crippen LogP contribution >= 0.6 is 0 Å². The van der Waals surface area contributed by atoms with Crippen molar-refractivity contribution in [1.82, 2.24) is 19.7 Å². The van der Waals surface area contributed by atoms with Gasteiger partial charge in [-0.2, -0.15) is 5.10 Å². The number of anilines is 1. The summed E-state index contributed by atoms with van der Waals surface area (Å²) in [5, 5.41) is 5.55. The molecule has 0 aromatic carbocycles. The van der Waals surface area contributed by atoms with E-state index in [1.165, 1.54) is 0 Å². The lowest BCUT2D eigenvalue weighted by molar-refractivity contribution is -0.133. The molecule has 1 aliphatic heterocycles. The number of morpholine rings is 1. The third-order valence-corrected chi connectivity index (χ3v) is 3.98. The number of hydrogen-bond donors (Lipinski definition) is 0. The van der Waals surface area contributed by atoms with E-state index in [4.69, 9.17) is 4.74 Å². The van der Waals surface area contributed by atoms with Crippen molar-refractivity contribution in [2.75, 3.05) is 18.0 Å². The normalized spacial score (nSPS) is 20.9. The van der Waals surface area contributed by atoms with Gasteiger partial charge in [0.05, 0.1) is 28.3 Å². The van der Waals surface area contributed by atoms with Crippen molar-refractivity contribution in [1.29, 1.82) is 0 Å². The molecule has 0 N–H and O–H groups in total. The van der Waals surface area contributed by atoms with Gasteiger partial charge in [0.1, 0.15) is 12.1 Å². The molecule has 126 valence electrons. The van der Waals surface area contributed by atoms with Gasteiger partial charge in [0.2, 0.25) is 0 Å². The first kappa shape index (κ1) is 16.2. The molecule has 1 aliphatic rings. The highest BCUT2D eigenvalue weighted by Gasteiger charge is 2.39. The van der Waals surface area contributed by atoms with Gasteiger partial charge in [0, 0.05) is 13.1 Å². The summed E-state index contributed by atoms with van der Waals surface area (Å²) in [7, 11) is 0. The molecule has 3 rings (SSSR count). The Kier molecular flexibility index (Phi) is 3.45. The Balaban J connectivity index is 2.08. The summed E-state index contributed by atoms with van der Waals surface area (Å²) in [6, 6.07) is 0. The van der Waals surface area contributed by atoms with Crippen LogP contribution in [0.1, 0.15) is 48.5 Å². The van der Waals surface area contributed by atoms with E-state index in [2.05, 4.69) is 68.4 Å². The van der Waals surface area contributed by atoms with Gasteiger partial charge in [-0.3, -0.25) is 0 Å². The Morgan fingerprint density at radius 1 is 1.04 bits per heavy atom. The molecule has 2 aromatic rings. The molecule has 0 bridgehead atoms.